The van der Waals surface area contributed by atoms with Crippen LogP contribution in [0.25, 0.3) is 0 Å². The molecule has 5 nitrogen and oxygen atoms in total. The fraction of sp³-hybridized carbons (Fsp3) is 0.480. The first-order chi connectivity index (χ1) is 14.6. The summed E-state index contributed by atoms with van der Waals surface area (Å²) in [7, 11) is 0. The van der Waals surface area contributed by atoms with Crippen molar-refractivity contribution in [3.63, 3.8) is 0 Å². The molecular weight excluding hydrogens is 378 g/mol. The van der Waals surface area contributed by atoms with Gasteiger partial charge in [0.05, 0.1) is 19.8 Å². The molecule has 3 atom stereocenters. The van der Waals surface area contributed by atoms with E-state index in [4.69, 9.17) is 14.2 Å². The summed E-state index contributed by atoms with van der Waals surface area (Å²) in [5.74, 6) is 2.26. The SMILES string of the molecule is CC(=O)C[C@@H](C)c1ccc(OC2CCN(c3ccc(OC4CCOC4)cc3)C2)cc1. The minimum atomic E-state index is 0.178. The summed E-state index contributed by atoms with van der Waals surface area (Å²) < 4.78 is 17.5. The van der Waals surface area contributed by atoms with Gasteiger partial charge in [0.25, 0.3) is 0 Å². The van der Waals surface area contributed by atoms with Crippen LogP contribution in [0.2, 0.25) is 0 Å². The van der Waals surface area contributed by atoms with Crippen LogP contribution < -0.4 is 14.4 Å². The van der Waals surface area contributed by atoms with Gasteiger partial charge in [-0.05, 0) is 54.8 Å². The first-order valence-corrected chi connectivity index (χ1v) is 10.9. The van der Waals surface area contributed by atoms with Crippen molar-refractivity contribution in [1.29, 1.82) is 0 Å². The van der Waals surface area contributed by atoms with Crippen LogP contribution in [0.1, 0.15) is 44.6 Å². The molecular formula is C25H31NO4. The van der Waals surface area contributed by atoms with Crippen molar-refractivity contribution in [2.75, 3.05) is 31.2 Å². The van der Waals surface area contributed by atoms with Gasteiger partial charge in [-0.1, -0.05) is 19.1 Å². The molecule has 2 aromatic carbocycles. The van der Waals surface area contributed by atoms with Crippen molar-refractivity contribution in [2.45, 2.75) is 51.2 Å². The molecule has 0 amide bonds. The predicted octanol–water partition coefficient (Wildman–Crippen LogP) is 4.59. The Morgan fingerprint density at radius 2 is 1.70 bits per heavy atom. The van der Waals surface area contributed by atoms with Gasteiger partial charge < -0.3 is 23.9 Å². The summed E-state index contributed by atoms with van der Waals surface area (Å²) >= 11 is 0. The van der Waals surface area contributed by atoms with Gasteiger partial charge in [-0.3, -0.25) is 0 Å². The smallest absolute Gasteiger partial charge is 0.130 e. The van der Waals surface area contributed by atoms with Crippen LogP contribution in [0, 0.1) is 0 Å². The summed E-state index contributed by atoms with van der Waals surface area (Å²) in [6.07, 6.45) is 2.90. The van der Waals surface area contributed by atoms with Crippen LogP contribution >= 0.6 is 0 Å². The van der Waals surface area contributed by atoms with Crippen LogP contribution in [0.4, 0.5) is 5.69 Å². The summed E-state index contributed by atoms with van der Waals surface area (Å²) in [6.45, 7) is 7.06. The number of hydrogen-bond donors (Lipinski definition) is 0. The highest BCUT2D eigenvalue weighted by Crippen LogP contribution is 2.28. The molecule has 2 saturated heterocycles. The van der Waals surface area contributed by atoms with Crippen LogP contribution in [0.5, 0.6) is 11.5 Å². The van der Waals surface area contributed by atoms with Gasteiger partial charge in [0, 0.05) is 31.5 Å². The fourth-order valence-corrected chi connectivity index (χ4v) is 4.21. The second-order valence-electron chi connectivity index (χ2n) is 8.45. The van der Waals surface area contributed by atoms with Crippen molar-refractivity contribution in [3.05, 3.63) is 54.1 Å². The average Bonchev–Trinajstić information content (AvgIpc) is 3.41. The van der Waals surface area contributed by atoms with Crippen molar-refractivity contribution >= 4 is 11.5 Å². The molecule has 2 aliphatic rings. The predicted molar refractivity (Wildman–Crippen MR) is 118 cm³/mol. The van der Waals surface area contributed by atoms with Gasteiger partial charge in [-0.2, -0.15) is 0 Å². The van der Waals surface area contributed by atoms with Gasteiger partial charge in [-0.25, -0.2) is 0 Å². The molecule has 160 valence electrons. The second kappa shape index (κ2) is 9.52. The summed E-state index contributed by atoms with van der Waals surface area (Å²) in [4.78, 5) is 13.7. The molecule has 2 fully saturated rings. The van der Waals surface area contributed by atoms with Gasteiger partial charge in [0.2, 0.25) is 0 Å². The maximum Gasteiger partial charge on any atom is 0.130 e. The van der Waals surface area contributed by atoms with E-state index in [1.165, 1.54) is 11.3 Å². The highest BCUT2D eigenvalue weighted by molar-refractivity contribution is 5.76. The number of carbonyl (C=O) groups excluding carboxylic acids is 1. The van der Waals surface area contributed by atoms with Crippen LogP contribution in [-0.4, -0.2) is 44.3 Å². The molecule has 0 aromatic heterocycles. The van der Waals surface area contributed by atoms with E-state index in [1.807, 2.05) is 24.3 Å². The molecule has 0 saturated carbocycles. The normalized spacial score (nSPS) is 22.1. The topological polar surface area (TPSA) is 48.0 Å². The Bertz CT molecular complexity index is 827. The number of ether oxygens (including phenoxy) is 3. The Labute approximate surface area is 178 Å². The largest absolute Gasteiger partial charge is 0.489 e. The maximum atomic E-state index is 11.3. The summed E-state index contributed by atoms with van der Waals surface area (Å²) in [5, 5.41) is 0. The lowest BCUT2D eigenvalue weighted by atomic mass is 9.96. The van der Waals surface area contributed by atoms with Crippen molar-refractivity contribution in [3.8, 4) is 11.5 Å². The van der Waals surface area contributed by atoms with Gasteiger partial charge in [0.15, 0.2) is 0 Å². The Morgan fingerprint density at radius 1 is 1.03 bits per heavy atom. The van der Waals surface area contributed by atoms with Crippen LogP contribution in [-0.2, 0) is 9.53 Å². The van der Waals surface area contributed by atoms with Gasteiger partial charge in [-0.15, -0.1) is 0 Å². The van der Waals surface area contributed by atoms with Gasteiger partial charge >= 0.3 is 0 Å². The quantitative estimate of drug-likeness (QED) is 0.638. The number of ketones is 1. The number of hydrogen-bond acceptors (Lipinski definition) is 5. The van der Waals surface area contributed by atoms with E-state index in [0.29, 0.717) is 13.0 Å². The Morgan fingerprint density at radius 3 is 2.33 bits per heavy atom. The lowest BCUT2D eigenvalue weighted by molar-refractivity contribution is -0.117. The molecule has 0 spiro atoms. The molecule has 2 heterocycles. The lowest BCUT2D eigenvalue weighted by Gasteiger charge is -2.20. The third-order valence-corrected chi connectivity index (χ3v) is 5.88. The fourth-order valence-electron chi connectivity index (χ4n) is 4.21. The maximum absolute atomic E-state index is 11.3. The average molecular weight is 410 g/mol. The summed E-state index contributed by atoms with van der Waals surface area (Å²) in [5.41, 5.74) is 2.38. The van der Waals surface area contributed by atoms with Crippen molar-refractivity contribution < 1.29 is 19.0 Å². The Kier molecular flexibility index (Phi) is 6.58. The minimum Gasteiger partial charge on any atom is -0.489 e. The van der Waals surface area contributed by atoms with Crippen molar-refractivity contribution in [2.24, 2.45) is 0 Å². The highest BCUT2D eigenvalue weighted by atomic mass is 16.5. The number of rotatable bonds is 8. The molecule has 30 heavy (non-hydrogen) atoms. The number of benzene rings is 2. The van der Waals surface area contributed by atoms with Crippen LogP contribution in [0.3, 0.4) is 0 Å². The van der Waals surface area contributed by atoms with E-state index >= 15 is 0 Å². The first kappa shape index (κ1) is 20.7. The zero-order valence-corrected chi connectivity index (χ0v) is 17.9. The third kappa shape index (κ3) is 5.33. The number of nitrogens with zero attached hydrogens (tertiary/aromatic N) is 1. The van der Waals surface area contributed by atoms with Gasteiger partial charge in [0.1, 0.15) is 29.5 Å². The standard InChI is InChI=1S/C25H31NO4/c1-18(15-19(2)27)20-3-7-22(8-4-20)29-24-11-13-26(16-24)21-5-9-23(10-6-21)30-25-12-14-28-17-25/h3-10,18,24-25H,11-17H2,1-2H3/t18-,24?,25?/m1/s1. The first-order valence-electron chi connectivity index (χ1n) is 10.9. The van der Waals surface area contributed by atoms with Crippen LogP contribution in [0.15, 0.2) is 48.5 Å². The monoisotopic (exact) mass is 409 g/mol. The molecule has 2 unspecified atom stereocenters. The number of carbonyl (C=O) groups is 1. The molecule has 5 heteroatoms. The second-order valence-corrected chi connectivity index (χ2v) is 8.45. The van der Waals surface area contributed by atoms with Crippen molar-refractivity contribution in [1.82, 2.24) is 0 Å². The molecule has 4 rings (SSSR count). The van der Waals surface area contributed by atoms with E-state index in [-0.39, 0.29) is 23.9 Å². The molecule has 2 aromatic rings. The Balaban J connectivity index is 1.28. The van der Waals surface area contributed by atoms with E-state index in [2.05, 4.69) is 36.1 Å². The number of anilines is 1. The summed E-state index contributed by atoms with van der Waals surface area (Å²) in [6, 6.07) is 16.5. The van der Waals surface area contributed by atoms with E-state index in [9.17, 15) is 4.79 Å². The molecule has 2 aliphatic heterocycles. The molecule has 0 radical (unpaired) electrons. The zero-order valence-electron chi connectivity index (χ0n) is 17.9. The molecule has 0 bridgehead atoms. The van der Waals surface area contributed by atoms with E-state index in [1.54, 1.807) is 6.92 Å². The number of Topliss-reactive ketones (excluding diaryl/α,β-unsaturated/α-hetero) is 1. The third-order valence-electron chi connectivity index (χ3n) is 5.88. The van der Waals surface area contributed by atoms with E-state index < -0.39 is 0 Å². The highest BCUT2D eigenvalue weighted by Gasteiger charge is 2.24. The zero-order chi connectivity index (χ0) is 20.9. The Hall–Kier alpha value is -2.53. The lowest BCUT2D eigenvalue weighted by Crippen LogP contribution is -2.24. The minimum absolute atomic E-state index is 0.178. The molecule has 0 aliphatic carbocycles. The van der Waals surface area contributed by atoms with E-state index in [0.717, 1.165) is 44.0 Å². The molecule has 0 N–H and O–H groups in total.